The summed E-state index contributed by atoms with van der Waals surface area (Å²) in [7, 11) is 0. The number of halogens is 3. The van der Waals surface area contributed by atoms with Gasteiger partial charge in [-0.3, -0.25) is 0 Å². The second-order valence-corrected chi connectivity index (χ2v) is 5.19. The highest BCUT2D eigenvalue weighted by molar-refractivity contribution is 7.80. The van der Waals surface area contributed by atoms with Crippen LogP contribution in [0, 0.1) is 0 Å². The normalized spacial score (nSPS) is 11.3. The number of carbonyl (C=O) groups excluding carboxylic acids is 1. The lowest BCUT2D eigenvalue weighted by molar-refractivity contribution is -0.136. The van der Waals surface area contributed by atoms with Crippen molar-refractivity contribution in [3.63, 3.8) is 0 Å². The van der Waals surface area contributed by atoms with Gasteiger partial charge in [-0.1, -0.05) is 24.4 Å². The van der Waals surface area contributed by atoms with E-state index in [0.717, 1.165) is 6.07 Å². The molecule has 1 aromatic carbocycles. The van der Waals surface area contributed by atoms with Crippen LogP contribution in [0.3, 0.4) is 0 Å². The maximum absolute atomic E-state index is 12.9. The zero-order valence-corrected chi connectivity index (χ0v) is 12.4. The Bertz CT molecular complexity index is 532. The molecule has 0 aliphatic rings. The third-order valence-corrected chi connectivity index (χ3v) is 2.81. The summed E-state index contributed by atoms with van der Waals surface area (Å²) in [6.45, 7) is 3.42. The summed E-state index contributed by atoms with van der Waals surface area (Å²) in [5.41, 5.74) is 4.18. The number of hydrogen-bond donors (Lipinski definition) is 2. The number of nitrogens with two attached hydrogens (primary N) is 1. The predicted octanol–water partition coefficient (Wildman–Crippen LogP) is 3.23. The van der Waals surface area contributed by atoms with E-state index in [1.54, 1.807) is 13.8 Å². The summed E-state index contributed by atoms with van der Waals surface area (Å²) in [5, 5.41) is 2.26. The summed E-state index contributed by atoms with van der Waals surface area (Å²) in [6.07, 6.45) is -4.55. The Kier molecular flexibility index (Phi) is 5.54. The number of anilines is 1. The number of benzene rings is 1. The number of rotatable bonds is 4. The minimum absolute atomic E-state index is 0.00693. The van der Waals surface area contributed by atoms with Crippen molar-refractivity contribution < 1.29 is 18.0 Å². The van der Waals surface area contributed by atoms with E-state index in [4.69, 9.17) is 18.0 Å². The first kappa shape index (κ1) is 17.2. The fourth-order valence-electron chi connectivity index (χ4n) is 1.68. The van der Waals surface area contributed by atoms with Crippen molar-refractivity contribution in [2.24, 2.45) is 5.73 Å². The van der Waals surface area contributed by atoms with Crippen molar-refractivity contribution in [3.8, 4) is 0 Å². The van der Waals surface area contributed by atoms with Gasteiger partial charge in [0.1, 0.15) is 0 Å². The molecule has 3 N–H and O–H groups in total. The lowest BCUT2D eigenvalue weighted by Gasteiger charge is -2.27. The van der Waals surface area contributed by atoms with E-state index in [-0.39, 0.29) is 23.3 Å². The van der Waals surface area contributed by atoms with Gasteiger partial charge in [0.05, 0.1) is 22.8 Å². The Morgan fingerprint density at radius 1 is 1.38 bits per heavy atom. The highest BCUT2D eigenvalue weighted by atomic mass is 32.1. The average molecular weight is 319 g/mol. The van der Waals surface area contributed by atoms with Gasteiger partial charge in [-0.15, -0.1) is 0 Å². The molecule has 0 bridgehead atoms. The zero-order valence-electron chi connectivity index (χ0n) is 11.6. The number of para-hydroxylation sites is 1. The first-order chi connectivity index (χ1) is 9.62. The van der Waals surface area contributed by atoms with Gasteiger partial charge < -0.3 is 16.0 Å². The smallest absolute Gasteiger partial charge is 0.392 e. The van der Waals surface area contributed by atoms with Gasteiger partial charge in [0.2, 0.25) is 0 Å². The van der Waals surface area contributed by atoms with Crippen LogP contribution in [0.25, 0.3) is 0 Å². The van der Waals surface area contributed by atoms with Crippen LogP contribution >= 0.6 is 12.2 Å². The number of alkyl halides is 3. The van der Waals surface area contributed by atoms with Gasteiger partial charge in [-0.25, -0.2) is 4.79 Å². The Morgan fingerprint density at radius 2 is 1.95 bits per heavy atom. The number of thiocarbonyl (C=S) groups is 1. The predicted molar refractivity (Wildman–Crippen MR) is 79.1 cm³/mol. The first-order valence-electron chi connectivity index (χ1n) is 6.15. The minimum Gasteiger partial charge on any atom is -0.392 e. The highest BCUT2D eigenvalue weighted by Crippen LogP contribution is 2.34. The lowest BCUT2D eigenvalue weighted by Crippen LogP contribution is -2.44. The molecule has 2 amide bonds. The third-order valence-electron chi connectivity index (χ3n) is 2.68. The molecule has 0 unspecified atom stereocenters. The van der Waals surface area contributed by atoms with Crippen LogP contribution in [-0.2, 0) is 6.18 Å². The van der Waals surface area contributed by atoms with Crippen LogP contribution in [0.1, 0.15) is 19.4 Å². The monoisotopic (exact) mass is 319 g/mol. The molecule has 21 heavy (non-hydrogen) atoms. The summed E-state index contributed by atoms with van der Waals surface area (Å²) in [5.74, 6) is 0. The van der Waals surface area contributed by atoms with Crippen LogP contribution in [-0.4, -0.2) is 28.5 Å². The van der Waals surface area contributed by atoms with Crippen LogP contribution in [0.15, 0.2) is 24.3 Å². The largest absolute Gasteiger partial charge is 0.418 e. The Hall–Kier alpha value is -1.83. The minimum atomic E-state index is -4.55. The molecule has 0 spiro atoms. The lowest BCUT2D eigenvalue weighted by atomic mass is 10.1. The number of urea groups is 1. The highest BCUT2D eigenvalue weighted by Gasteiger charge is 2.34. The molecule has 8 heteroatoms. The van der Waals surface area contributed by atoms with Crippen molar-refractivity contribution in [1.82, 2.24) is 4.90 Å². The molecule has 0 aromatic heterocycles. The number of nitrogens with zero attached hydrogens (tertiary/aromatic N) is 1. The molecular weight excluding hydrogens is 303 g/mol. The van der Waals surface area contributed by atoms with Crippen LogP contribution in [0.2, 0.25) is 0 Å². The Labute approximate surface area is 126 Å². The summed E-state index contributed by atoms with van der Waals surface area (Å²) in [4.78, 5) is 13.4. The SMILES string of the molecule is CC(C)N(CC(N)=S)C(=O)Nc1ccccc1C(F)(F)F. The van der Waals surface area contributed by atoms with Gasteiger partial charge in [0.15, 0.2) is 0 Å². The maximum Gasteiger partial charge on any atom is 0.418 e. The molecule has 0 aliphatic heterocycles. The van der Waals surface area contributed by atoms with Crippen LogP contribution in [0.5, 0.6) is 0 Å². The van der Waals surface area contributed by atoms with E-state index in [9.17, 15) is 18.0 Å². The van der Waals surface area contributed by atoms with Crippen molar-refractivity contribution >= 4 is 28.9 Å². The fraction of sp³-hybridized carbons (Fsp3) is 0.385. The standard InChI is InChI=1S/C13H16F3N3OS/c1-8(2)19(7-11(17)21)12(20)18-10-6-4-3-5-9(10)13(14,15)16/h3-6,8H,7H2,1-2H3,(H2,17,21)(H,18,20). The molecule has 0 atom stereocenters. The van der Waals surface area contributed by atoms with E-state index in [1.807, 2.05) is 0 Å². The summed E-state index contributed by atoms with van der Waals surface area (Å²) in [6, 6.07) is 3.83. The summed E-state index contributed by atoms with van der Waals surface area (Å²) >= 11 is 4.74. The molecule has 116 valence electrons. The second kappa shape index (κ2) is 6.75. The number of hydrogen-bond acceptors (Lipinski definition) is 2. The van der Waals surface area contributed by atoms with Crippen LogP contribution < -0.4 is 11.1 Å². The van der Waals surface area contributed by atoms with E-state index in [0.29, 0.717) is 0 Å². The topological polar surface area (TPSA) is 58.4 Å². The molecule has 4 nitrogen and oxygen atoms in total. The molecule has 1 rings (SSSR count). The zero-order chi connectivity index (χ0) is 16.2. The van der Waals surface area contributed by atoms with E-state index in [1.165, 1.54) is 23.1 Å². The molecule has 1 aromatic rings. The average Bonchev–Trinajstić information content (AvgIpc) is 2.34. The first-order valence-corrected chi connectivity index (χ1v) is 6.56. The third kappa shape index (κ3) is 4.89. The van der Waals surface area contributed by atoms with Gasteiger partial charge in [0, 0.05) is 6.04 Å². The second-order valence-electron chi connectivity index (χ2n) is 4.66. The van der Waals surface area contributed by atoms with Gasteiger partial charge >= 0.3 is 12.2 Å². The number of nitrogens with one attached hydrogen (secondary N) is 1. The van der Waals surface area contributed by atoms with Crippen molar-refractivity contribution in [2.75, 3.05) is 11.9 Å². The van der Waals surface area contributed by atoms with Gasteiger partial charge in [0.25, 0.3) is 0 Å². The molecule has 0 radical (unpaired) electrons. The molecule has 0 fully saturated rings. The maximum atomic E-state index is 12.9. The van der Waals surface area contributed by atoms with Crippen molar-refractivity contribution in [3.05, 3.63) is 29.8 Å². The summed E-state index contributed by atoms with van der Waals surface area (Å²) < 4.78 is 38.6. The fourth-order valence-corrected chi connectivity index (χ4v) is 1.82. The Morgan fingerprint density at radius 3 is 2.43 bits per heavy atom. The van der Waals surface area contributed by atoms with E-state index < -0.39 is 17.8 Å². The molecule has 0 saturated heterocycles. The van der Waals surface area contributed by atoms with Crippen LogP contribution in [0.4, 0.5) is 23.7 Å². The van der Waals surface area contributed by atoms with Crippen molar-refractivity contribution in [1.29, 1.82) is 0 Å². The number of amides is 2. The molecule has 0 aliphatic carbocycles. The molecule has 0 heterocycles. The quantitative estimate of drug-likeness (QED) is 0.838. The molecule has 0 saturated carbocycles. The van der Waals surface area contributed by atoms with Crippen molar-refractivity contribution in [2.45, 2.75) is 26.1 Å². The van der Waals surface area contributed by atoms with Gasteiger partial charge in [-0.05, 0) is 26.0 Å². The molecular formula is C13H16F3N3OS. The number of carbonyl (C=O) groups is 1. The van der Waals surface area contributed by atoms with E-state index >= 15 is 0 Å². The van der Waals surface area contributed by atoms with Gasteiger partial charge in [-0.2, -0.15) is 13.2 Å². The van der Waals surface area contributed by atoms with E-state index in [2.05, 4.69) is 5.32 Å². The Balaban J connectivity index is 2.99.